The monoisotopic (exact) mass is 268 g/mol. The first-order valence-electron chi connectivity index (χ1n) is 3.68. The van der Waals surface area contributed by atoms with Gasteiger partial charge in [0.25, 0.3) is 0 Å². The molecule has 0 spiro atoms. The van der Waals surface area contributed by atoms with Crippen LogP contribution in [0.2, 0.25) is 0 Å². The Balaban J connectivity index is 2.45. The average molecular weight is 269 g/mol. The highest BCUT2D eigenvalue weighted by atomic mass is 32.2. The highest BCUT2D eigenvalue weighted by molar-refractivity contribution is 8.17. The molecule has 1 aromatic heterocycles. The lowest BCUT2D eigenvalue weighted by Crippen LogP contribution is -1.73. The van der Waals surface area contributed by atoms with E-state index >= 15 is 0 Å². The zero-order valence-electron chi connectivity index (χ0n) is 7.61. The number of hydrogen-bond acceptors (Lipinski definition) is 5. The van der Waals surface area contributed by atoms with Gasteiger partial charge in [-0.25, -0.2) is 0 Å². The predicted octanol–water partition coefficient (Wildman–Crippen LogP) is 4.57. The van der Waals surface area contributed by atoms with E-state index in [4.69, 9.17) is 0 Å². The summed E-state index contributed by atoms with van der Waals surface area (Å²) < 4.78 is 0. The molecule has 5 heteroatoms. The van der Waals surface area contributed by atoms with Crippen LogP contribution >= 0.6 is 58.4 Å². The molecule has 13 heavy (non-hydrogen) atoms. The highest BCUT2D eigenvalue weighted by Gasteiger charge is 2.03. The maximum atomic E-state index is 2.25. The van der Waals surface area contributed by atoms with Crippen LogP contribution in [0.15, 0.2) is 20.6 Å². The Labute approximate surface area is 101 Å². The minimum absolute atomic E-state index is 1.16. The standard InChI is InChI=1S/C8H12S5/c1-9-5-12-7-3-11-4-8(7)13-6-10-2/h3-4H,5-6H2,1-2H3. The summed E-state index contributed by atoms with van der Waals surface area (Å²) >= 11 is 9.47. The van der Waals surface area contributed by atoms with Crippen molar-refractivity contribution in [3.63, 3.8) is 0 Å². The summed E-state index contributed by atoms with van der Waals surface area (Å²) in [7, 11) is 0. The van der Waals surface area contributed by atoms with Crippen LogP contribution in [0.25, 0.3) is 0 Å². The summed E-state index contributed by atoms with van der Waals surface area (Å²) in [6, 6.07) is 0. The van der Waals surface area contributed by atoms with Gasteiger partial charge < -0.3 is 0 Å². The van der Waals surface area contributed by atoms with Crippen molar-refractivity contribution in [3.8, 4) is 0 Å². The number of thiophene rings is 1. The summed E-state index contributed by atoms with van der Waals surface area (Å²) in [5, 5.41) is 6.82. The van der Waals surface area contributed by atoms with E-state index in [1.807, 2.05) is 47.0 Å². The third-order valence-electron chi connectivity index (χ3n) is 1.26. The summed E-state index contributed by atoms with van der Waals surface area (Å²) in [5.41, 5.74) is 0. The Kier molecular flexibility index (Phi) is 6.93. The normalized spacial score (nSPS) is 10.6. The van der Waals surface area contributed by atoms with E-state index in [0.717, 1.165) is 10.2 Å². The fourth-order valence-corrected chi connectivity index (χ4v) is 5.04. The first-order chi connectivity index (χ1) is 6.38. The van der Waals surface area contributed by atoms with Crippen LogP contribution in [0, 0.1) is 0 Å². The number of rotatable bonds is 6. The van der Waals surface area contributed by atoms with Crippen molar-refractivity contribution >= 4 is 58.4 Å². The van der Waals surface area contributed by atoms with Gasteiger partial charge in [-0.1, -0.05) is 0 Å². The van der Waals surface area contributed by atoms with Gasteiger partial charge in [0, 0.05) is 30.7 Å². The third-order valence-corrected chi connectivity index (χ3v) is 6.55. The maximum Gasteiger partial charge on any atom is 0.0437 e. The van der Waals surface area contributed by atoms with Gasteiger partial charge in [-0.2, -0.15) is 34.9 Å². The molecule has 0 saturated heterocycles. The number of thioether (sulfide) groups is 4. The van der Waals surface area contributed by atoms with Crippen molar-refractivity contribution in [2.45, 2.75) is 9.79 Å². The Morgan fingerprint density at radius 1 is 1.00 bits per heavy atom. The lowest BCUT2D eigenvalue weighted by Gasteiger charge is -2.00. The minimum atomic E-state index is 1.16. The van der Waals surface area contributed by atoms with Crippen LogP contribution in [0.1, 0.15) is 0 Å². The molecule has 0 bridgehead atoms. The fourth-order valence-electron chi connectivity index (χ4n) is 0.729. The molecule has 74 valence electrons. The predicted molar refractivity (Wildman–Crippen MR) is 72.8 cm³/mol. The van der Waals surface area contributed by atoms with Crippen molar-refractivity contribution in [1.82, 2.24) is 0 Å². The molecule has 0 nitrogen and oxygen atoms in total. The van der Waals surface area contributed by atoms with E-state index < -0.39 is 0 Å². The second kappa shape index (κ2) is 7.40. The molecule has 0 fully saturated rings. The van der Waals surface area contributed by atoms with Crippen LogP contribution < -0.4 is 0 Å². The van der Waals surface area contributed by atoms with Gasteiger partial charge in [0.15, 0.2) is 0 Å². The highest BCUT2D eigenvalue weighted by Crippen LogP contribution is 2.36. The van der Waals surface area contributed by atoms with Gasteiger partial charge in [-0.15, -0.1) is 23.5 Å². The topological polar surface area (TPSA) is 0 Å². The number of hydrogen-bond donors (Lipinski definition) is 0. The van der Waals surface area contributed by atoms with Crippen LogP contribution in [-0.4, -0.2) is 22.7 Å². The zero-order valence-corrected chi connectivity index (χ0v) is 11.7. The Morgan fingerprint density at radius 2 is 1.46 bits per heavy atom. The quantitative estimate of drug-likeness (QED) is 0.547. The molecule has 0 aliphatic rings. The molecule has 0 saturated carbocycles. The van der Waals surface area contributed by atoms with E-state index in [1.165, 1.54) is 9.79 Å². The van der Waals surface area contributed by atoms with Gasteiger partial charge in [-0.3, -0.25) is 0 Å². The van der Waals surface area contributed by atoms with Crippen molar-refractivity contribution < 1.29 is 0 Å². The van der Waals surface area contributed by atoms with Crippen LogP contribution in [0.5, 0.6) is 0 Å². The molecule has 0 N–H and O–H groups in total. The molecule has 0 aliphatic heterocycles. The molecule has 0 unspecified atom stereocenters. The van der Waals surface area contributed by atoms with Gasteiger partial charge in [-0.05, 0) is 12.5 Å². The van der Waals surface area contributed by atoms with Crippen LogP contribution in [0.4, 0.5) is 0 Å². The molecule has 0 atom stereocenters. The second-order valence-corrected chi connectivity index (χ2v) is 7.44. The molecule has 0 radical (unpaired) electrons. The molecular weight excluding hydrogens is 256 g/mol. The molecule has 1 heterocycles. The molecular formula is C8H12S5. The molecule has 1 rings (SSSR count). The molecule has 1 aromatic rings. The molecule has 0 aromatic carbocycles. The van der Waals surface area contributed by atoms with Gasteiger partial charge in [0.2, 0.25) is 0 Å². The van der Waals surface area contributed by atoms with Gasteiger partial charge in [0.05, 0.1) is 0 Å². The minimum Gasteiger partial charge on any atom is -0.154 e. The van der Waals surface area contributed by atoms with Crippen molar-refractivity contribution in [1.29, 1.82) is 0 Å². The lowest BCUT2D eigenvalue weighted by atomic mass is 10.7. The Morgan fingerprint density at radius 3 is 1.85 bits per heavy atom. The lowest BCUT2D eigenvalue weighted by molar-refractivity contribution is 1.34. The van der Waals surface area contributed by atoms with Crippen molar-refractivity contribution in [2.24, 2.45) is 0 Å². The van der Waals surface area contributed by atoms with Gasteiger partial charge >= 0.3 is 0 Å². The van der Waals surface area contributed by atoms with Crippen LogP contribution in [0.3, 0.4) is 0 Å². The van der Waals surface area contributed by atoms with Crippen molar-refractivity contribution in [2.75, 3.05) is 22.7 Å². The third kappa shape index (κ3) is 4.42. The van der Waals surface area contributed by atoms with E-state index in [-0.39, 0.29) is 0 Å². The Bertz CT molecular complexity index is 210. The fraction of sp³-hybridized carbons (Fsp3) is 0.500. The smallest absolute Gasteiger partial charge is 0.0437 e. The van der Waals surface area contributed by atoms with Crippen molar-refractivity contribution in [3.05, 3.63) is 10.8 Å². The molecule has 0 aliphatic carbocycles. The van der Waals surface area contributed by atoms with E-state index in [2.05, 4.69) is 23.3 Å². The summed E-state index contributed by atoms with van der Waals surface area (Å²) in [6.45, 7) is 0. The van der Waals surface area contributed by atoms with Gasteiger partial charge in [0.1, 0.15) is 0 Å². The molecule has 0 amide bonds. The van der Waals surface area contributed by atoms with E-state index in [9.17, 15) is 0 Å². The average Bonchev–Trinajstić information content (AvgIpc) is 2.59. The second-order valence-electron chi connectivity index (χ2n) is 2.20. The summed E-state index contributed by atoms with van der Waals surface area (Å²) in [4.78, 5) is 2.91. The first-order valence-corrected chi connectivity index (χ1v) is 9.38. The Hall–Kier alpha value is 1.10. The summed E-state index contributed by atoms with van der Waals surface area (Å²) in [5.74, 6) is 0. The maximum absolute atomic E-state index is 2.25. The largest absolute Gasteiger partial charge is 0.154 e. The van der Waals surface area contributed by atoms with E-state index in [0.29, 0.717) is 0 Å². The van der Waals surface area contributed by atoms with Crippen LogP contribution in [-0.2, 0) is 0 Å². The SMILES string of the molecule is CSCSc1cscc1SCSC. The van der Waals surface area contributed by atoms with E-state index in [1.54, 1.807) is 11.3 Å². The summed E-state index contributed by atoms with van der Waals surface area (Å²) in [6.07, 6.45) is 4.29. The first kappa shape index (κ1) is 12.2. The zero-order chi connectivity index (χ0) is 9.52.